The molecule has 2 N–H and O–H groups in total. The summed E-state index contributed by atoms with van der Waals surface area (Å²) >= 11 is 0. The molecule has 0 bridgehead atoms. The second-order valence-electron chi connectivity index (χ2n) is 9.69. The molecule has 2 aliphatic rings. The fourth-order valence-corrected chi connectivity index (χ4v) is 4.70. The summed E-state index contributed by atoms with van der Waals surface area (Å²) in [4.78, 5) is 7.03. The smallest absolute Gasteiger partial charge is 0.191 e. The molecule has 162 valence electrons. The maximum atomic E-state index is 6.13. The third kappa shape index (κ3) is 6.71. The van der Waals surface area contributed by atoms with Crippen LogP contribution in [0.4, 0.5) is 0 Å². The predicted molar refractivity (Wildman–Crippen MR) is 121 cm³/mol. The van der Waals surface area contributed by atoms with E-state index in [9.17, 15) is 0 Å². The molecule has 2 saturated heterocycles. The van der Waals surface area contributed by atoms with Gasteiger partial charge in [0.25, 0.3) is 0 Å². The molecule has 0 saturated carbocycles. The van der Waals surface area contributed by atoms with Gasteiger partial charge >= 0.3 is 0 Å². The van der Waals surface area contributed by atoms with Crippen LogP contribution in [0.3, 0.4) is 0 Å². The summed E-state index contributed by atoms with van der Waals surface area (Å²) in [6.07, 6.45) is 5.01. The Morgan fingerprint density at radius 2 is 1.86 bits per heavy atom. The van der Waals surface area contributed by atoms with Gasteiger partial charge in [0.2, 0.25) is 0 Å². The van der Waals surface area contributed by atoms with Crippen molar-refractivity contribution in [3.63, 3.8) is 0 Å². The third-order valence-electron chi connectivity index (χ3n) is 6.23. The zero-order valence-corrected chi connectivity index (χ0v) is 18.8. The zero-order chi connectivity index (χ0) is 20.7. The van der Waals surface area contributed by atoms with Crippen LogP contribution in [-0.4, -0.2) is 56.3 Å². The molecule has 0 amide bonds. The van der Waals surface area contributed by atoms with Crippen LogP contribution in [0.15, 0.2) is 35.3 Å². The van der Waals surface area contributed by atoms with Gasteiger partial charge in [0, 0.05) is 51.8 Å². The first-order valence-corrected chi connectivity index (χ1v) is 11.3. The van der Waals surface area contributed by atoms with Crippen LogP contribution in [-0.2, 0) is 11.3 Å². The average molecular weight is 401 g/mol. The van der Waals surface area contributed by atoms with Gasteiger partial charge in [0.1, 0.15) is 0 Å². The molecule has 1 aromatic carbocycles. The lowest BCUT2D eigenvalue weighted by Crippen LogP contribution is -2.51. The molecule has 29 heavy (non-hydrogen) atoms. The summed E-state index contributed by atoms with van der Waals surface area (Å²) in [6.45, 7) is 12.0. The number of hydrogen-bond donors (Lipinski definition) is 2. The average Bonchev–Trinajstić information content (AvgIpc) is 2.72. The van der Waals surface area contributed by atoms with Crippen LogP contribution < -0.4 is 10.6 Å². The van der Waals surface area contributed by atoms with Crippen molar-refractivity contribution in [2.24, 2.45) is 16.3 Å². The minimum absolute atomic E-state index is 0.176. The van der Waals surface area contributed by atoms with Crippen molar-refractivity contribution in [3.8, 4) is 0 Å². The van der Waals surface area contributed by atoms with E-state index in [0.29, 0.717) is 18.1 Å². The Labute approximate surface area is 177 Å². The lowest BCUT2D eigenvalue weighted by atomic mass is 9.78. The molecular formula is C24H40N4O. The topological polar surface area (TPSA) is 48.9 Å². The van der Waals surface area contributed by atoms with Crippen molar-refractivity contribution in [1.82, 2.24) is 15.5 Å². The summed E-state index contributed by atoms with van der Waals surface area (Å²) in [5, 5.41) is 7.24. The number of aliphatic imine (C=N–C) groups is 1. The van der Waals surface area contributed by atoms with E-state index < -0.39 is 0 Å². The molecular weight excluding hydrogens is 360 g/mol. The minimum Gasteiger partial charge on any atom is -0.377 e. The van der Waals surface area contributed by atoms with Crippen molar-refractivity contribution in [1.29, 1.82) is 0 Å². The predicted octanol–water partition coefficient (Wildman–Crippen LogP) is 3.66. The highest BCUT2D eigenvalue weighted by molar-refractivity contribution is 5.79. The van der Waals surface area contributed by atoms with Crippen molar-refractivity contribution in [2.45, 2.75) is 65.1 Å². The number of rotatable bonds is 5. The van der Waals surface area contributed by atoms with Gasteiger partial charge in [0.05, 0.1) is 6.10 Å². The Hall–Kier alpha value is -1.59. The SMILES string of the molecule is CN=C(NCC1CCCOC1C(C)(C)C)NC1CCN(Cc2ccccc2)CC1. The van der Waals surface area contributed by atoms with E-state index >= 15 is 0 Å². The number of nitrogens with one attached hydrogen (secondary N) is 2. The Bertz CT molecular complexity index is 632. The standard InChI is InChI=1S/C24H40N4O/c1-24(2,3)22-20(11-8-16-29-22)17-26-23(25-4)27-21-12-14-28(15-13-21)18-19-9-6-5-7-10-19/h5-7,9-10,20-22H,8,11-18H2,1-4H3,(H2,25,26,27). The first kappa shape index (κ1) is 22.1. The summed E-state index contributed by atoms with van der Waals surface area (Å²) in [6, 6.07) is 11.3. The number of likely N-dealkylation sites (tertiary alicyclic amines) is 1. The quantitative estimate of drug-likeness (QED) is 0.585. The van der Waals surface area contributed by atoms with Gasteiger partial charge in [-0.15, -0.1) is 0 Å². The molecule has 0 radical (unpaired) electrons. The fraction of sp³-hybridized carbons (Fsp3) is 0.708. The highest BCUT2D eigenvalue weighted by Crippen LogP contribution is 2.33. The first-order chi connectivity index (χ1) is 14.0. The third-order valence-corrected chi connectivity index (χ3v) is 6.23. The summed E-state index contributed by atoms with van der Waals surface area (Å²) in [5.74, 6) is 1.47. The van der Waals surface area contributed by atoms with Crippen molar-refractivity contribution in [2.75, 3.05) is 33.3 Å². The Balaban J connectivity index is 1.42. The Kier molecular flexibility index (Phi) is 7.96. The molecule has 3 rings (SSSR count). The van der Waals surface area contributed by atoms with E-state index in [1.54, 1.807) is 0 Å². The minimum atomic E-state index is 0.176. The molecule has 2 atom stereocenters. The normalized spacial score (nSPS) is 25.0. The van der Waals surface area contributed by atoms with Gasteiger partial charge in [0.15, 0.2) is 5.96 Å². The van der Waals surface area contributed by atoms with Crippen LogP contribution >= 0.6 is 0 Å². The lowest BCUT2D eigenvalue weighted by Gasteiger charge is -2.40. The van der Waals surface area contributed by atoms with E-state index in [2.05, 4.69) is 71.6 Å². The van der Waals surface area contributed by atoms with E-state index in [1.807, 2.05) is 7.05 Å². The molecule has 2 fully saturated rings. The van der Waals surface area contributed by atoms with E-state index in [-0.39, 0.29) is 5.41 Å². The molecule has 1 aromatic rings. The second kappa shape index (κ2) is 10.4. The molecule has 2 heterocycles. The van der Waals surface area contributed by atoms with E-state index in [0.717, 1.165) is 58.0 Å². The van der Waals surface area contributed by atoms with E-state index in [4.69, 9.17) is 4.74 Å². The number of guanidine groups is 1. The molecule has 2 aliphatic heterocycles. The maximum Gasteiger partial charge on any atom is 0.191 e. The number of benzene rings is 1. The highest BCUT2D eigenvalue weighted by atomic mass is 16.5. The van der Waals surface area contributed by atoms with Gasteiger partial charge in [-0.1, -0.05) is 51.1 Å². The number of ether oxygens (including phenoxy) is 1. The molecule has 5 heteroatoms. The summed E-state index contributed by atoms with van der Waals surface area (Å²) in [7, 11) is 1.87. The van der Waals surface area contributed by atoms with Crippen LogP contribution in [0, 0.1) is 11.3 Å². The van der Waals surface area contributed by atoms with Crippen LogP contribution in [0.1, 0.15) is 52.0 Å². The molecule has 0 aromatic heterocycles. The van der Waals surface area contributed by atoms with Crippen LogP contribution in [0.2, 0.25) is 0 Å². The number of nitrogens with zero attached hydrogens (tertiary/aromatic N) is 2. The lowest BCUT2D eigenvalue weighted by molar-refractivity contribution is -0.0835. The Morgan fingerprint density at radius 1 is 1.14 bits per heavy atom. The van der Waals surface area contributed by atoms with Gasteiger partial charge in [-0.2, -0.15) is 0 Å². The fourth-order valence-electron chi connectivity index (χ4n) is 4.70. The number of piperidine rings is 1. The molecule has 0 spiro atoms. The molecule has 5 nitrogen and oxygen atoms in total. The summed E-state index contributed by atoms with van der Waals surface area (Å²) in [5.41, 5.74) is 1.58. The second-order valence-corrected chi connectivity index (χ2v) is 9.69. The van der Waals surface area contributed by atoms with Gasteiger partial charge in [-0.3, -0.25) is 9.89 Å². The van der Waals surface area contributed by atoms with Crippen molar-refractivity contribution in [3.05, 3.63) is 35.9 Å². The zero-order valence-electron chi connectivity index (χ0n) is 18.8. The summed E-state index contributed by atoms with van der Waals surface area (Å²) < 4.78 is 6.13. The largest absolute Gasteiger partial charge is 0.377 e. The van der Waals surface area contributed by atoms with Crippen molar-refractivity contribution >= 4 is 5.96 Å². The van der Waals surface area contributed by atoms with Gasteiger partial charge in [-0.05, 0) is 36.7 Å². The Morgan fingerprint density at radius 3 is 2.52 bits per heavy atom. The maximum absolute atomic E-state index is 6.13. The van der Waals surface area contributed by atoms with Crippen LogP contribution in [0.5, 0.6) is 0 Å². The van der Waals surface area contributed by atoms with E-state index in [1.165, 1.54) is 12.0 Å². The van der Waals surface area contributed by atoms with Gasteiger partial charge in [-0.25, -0.2) is 0 Å². The monoisotopic (exact) mass is 400 g/mol. The van der Waals surface area contributed by atoms with Crippen LogP contribution in [0.25, 0.3) is 0 Å². The van der Waals surface area contributed by atoms with Gasteiger partial charge < -0.3 is 15.4 Å². The molecule has 0 aliphatic carbocycles. The number of hydrogen-bond acceptors (Lipinski definition) is 3. The van der Waals surface area contributed by atoms with Crippen molar-refractivity contribution < 1.29 is 4.74 Å². The first-order valence-electron chi connectivity index (χ1n) is 11.3. The molecule has 2 unspecified atom stereocenters. The highest BCUT2D eigenvalue weighted by Gasteiger charge is 2.35.